The number of ether oxygens (including phenoxy) is 4. The van der Waals surface area contributed by atoms with Gasteiger partial charge in [-0.15, -0.1) is 0 Å². The molecule has 1 aliphatic rings. The lowest BCUT2D eigenvalue weighted by molar-refractivity contribution is -0.305. The molecule has 1 amide bonds. The largest absolute Gasteiger partial charge is 0.550 e. The third kappa shape index (κ3) is 9.63. The number of carbonyl (C=O) groups is 2. The van der Waals surface area contributed by atoms with E-state index in [1.165, 1.54) is 10.8 Å². The van der Waals surface area contributed by atoms with Gasteiger partial charge in [0, 0.05) is 36.3 Å². The second-order valence-corrected chi connectivity index (χ2v) is 20.9. The Balaban J connectivity index is 1.42. The molecule has 1 aliphatic heterocycles. The lowest BCUT2D eigenvalue weighted by Gasteiger charge is -2.42. The van der Waals surface area contributed by atoms with Crippen molar-refractivity contribution >= 4 is 25.4 Å². The minimum absolute atomic E-state index is 0.0307. The molecule has 6 rings (SSSR count). The van der Waals surface area contributed by atoms with Crippen molar-refractivity contribution in [2.24, 2.45) is 0 Å². The number of methoxy groups -OCH3 is 2. The summed E-state index contributed by atoms with van der Waals surface area (Å²) in [6.07, 6.45) is -0.145. The number of benzene rings is 4. The number of hydrogen-bond donors (Lipinski definition) is 2. The first-order valence-electron chi connectivity index (χ1n) is 21.0. The van der Waals surface area contributed by atoms with Gasteiger partial charge in [0.15, 0.2) is 0 Å². The third-order valence-electron chi connectivity index (χ3n) is 11.8. The second-order valence-electron chi connectivity index (χ2n) is 16.2. The van der Waals surface area contributed by atoms with Crippen LogP contribution < -0.4 is 36.3 Å². The van der Waals surface area contributed by atoms with Crippen molar-refractivity contribution in [2.75, 3.05) is 27.4 Å². The van der Waals surface area contributed by atoms with Gasteiger partial charge in [0.1, 0.15) is 29.4 Å². The molecule has 2 heterocycles. The lowest BCUT2D eigenvalue weighted by atomic mass is 9.80. The first-order chi connectivity index (χ1) is 29.7. The molecular formula is C48H56N3O10Si-. The topological polar surface area (TPSA) is 170 Å². The van der Waals surface area contributed by atoms with E-state index in [-0.39, 0.29) is 49.4 Å². The van der Waals surface area contributed by atoms with Gasteiger partial charge in [0.25, 0.3) is 11.5 Å². The number of nitrogens with zero attached hydrogens (tertiary/aromatic N) is 1. The first-order valence-corrected chi connectivity index (χ1v) is 23.0. The van der Waals surface area contributed by atoms with E-state index in [2.05, 4.69) is 38.0 Å². The molecule has 0 spiro atoms. The van der Waals surface area contributed by atoms with Gasteiger partial charge in [0.2, 0.25) is 8.32 Å². The number of aryl methyl sites for hydroxylation is 1. The number of hydrogen-bond acceptors (Lipinski definition) is 10. The summed E-state index contributed by atoms with van der Waals surface area (Å²) in [5, 5.41) is 14.6. The molecule has 0 saturated carbocycles. The van der Waals surface area contributed by atoms with Gasteiger partial charge in [-0.1, -0.05) is 94.4 Å². The fraction of sp³-hybridized carbons (Fsp3) is 0.375. The molecule has 328 valence electrons. The Labute approximate surface area is 363 Å². The first kappa shape index (κ1) is 45.7. The number of H-pyrrole nitrogens is 1. The quantitative estimate of drug-likeness (QED) is 0.0617. The Bertz CT molecular complexity index is 2340. The average Bonchev–Trinajstić information content (AvgIpc) is 3.68. The molecule has 14 heteroatoms. The van der Waals surface area contributed by atoms with Crippen molar-refractivity contribution < 1.29 is 38.1 Å². The Morgan fingerprint density at radius 3 is 1.95 bits per heavy atom. The smallest absolute Gasteiger partial charge is 0.330 e. The van der Waals surface area contributed by atoms with Crippen molar-refractivity contribution in [3.8, 4) is 11.5 Å². The molecule has 0 aliphatic carbocycles. The van der Waals surface area contributed by atoms with Crippen LogP contribution in [0.1, 0.15) is 85.8 Å². The number of carboxylic acid groups (broad SMARTS) is 1. The number of carboxylic acids is 1. The molecule has 13 nitrogen and oxygen atoms in total. The fourth-order valence-electron chi connectivity index (χ4n) is 8.57. The van der Waals surface area contributed by atoms with Crippen LogP contribution in [0.3, 0.4) is 0 Å². The molecule has 0 radical (unpaired) electrons. The Morgan fingerprint density at radius 1 is 0.855 bits per heavy atom. The van der Waals surface area contributed by atoms with E-state index in [1.54, 1.807) is 33.3 Å². The molecule has 1 unspecified atom stereocenters. The summed E-state index contributed by atoms with van der Waals surface area (Å²) in [4.78, 5) is 52.1. The lowest BCUT2D eigenvalue weighted by Crippen LogP contribution is -2.59. The third-order valence-corrected chi connectivity index (χ3v) is 17.1. The molecule has 0 bridgehead atoms. The summed E-state index contributed by atoms with van der Waals surface area (Å²) in [7, 11) is 0.245. The average molecular weight is 863 g/mol. The molecule has 4 aromatic carbocycles. The maximum Gasteiger partial charge on any atom is 0.330 e. The highest BCUT2D eigenvalue weighted by Crippen LogP contribution is 2.44. The molecule has 1 saturated heterocycles. The van der Waals surface area contributed by atoms with Crippen LogP contribution in [0.15, 0.2) is 119 Å². The van der Waals surface area contributed by atoms with Gasteiger partial charge in [-0.05, 0) is 89.1 Å². The van der Waals surface area contributed by atoms with E-state index < -0.39 is 49.6 Å². The zero-order valence-corrected chi connectivity index (χ0v) is 37.3. The Kier molecular flexibility index (Phi) is 14.7. The van der Waals surface area contributed by atoms with Crippen LogP contribution in [0, 0.1) is 6.92 Å². The standard InChI is InChI=1S/C48H57N3O10Si/c1-31(2)62(32(3)4,40-25-15-34(16-26-40)46(55)49-27-11-14-44(52)53)61-41-28-43(51-29-33(5)45(54)50-47(51)56)60-42(41)30-59-48(35-12-9-8-10-13-35,36-17-21-38(57-6)22-18-36)37-19-23-39(58-7)24-20-37/h8-10,12-13,15-26,29,31-32,41-43H,11,14,27-28,30H2,1-7H3,(H,49,55)(H,52,53)(H,50,54,56)/p-1/t41?,42-,43-/m1/s1. The van der Waals surface area contributed by atoms with Crippen LogP contribution in [-0.2, 0) is 24.3 Å². The van der Waals surface area contributed by atoms with Crippen molar-refractivity contribution in [2.45, 2.75) is 89.0 Å². The summed E-state index contributed by atoms with van der Waals surface area (Å²) in [6.45, 7) is 10.5. The van der Waals surface area contributed by atoms with Crippen molar-refractivity contribution in [3.63, 3.8) is 0 Å². The predicted octanol–water partition coefficient (Wildman–Crippen LogP) is 5.48. The highest BCUT2D eigenvalue weighted by atomic mass is 28.4. The van der Waals surface area contributed by atoms with Crippen molar-refractivity contribution in [1.29, 1.82) is 0 Å². The van der Waals surface area contributed by atoms with Crippen LogP contribution >= 0.6 is 0 Å². The highest BCUT2D eigenvalue weighted by Gasteiger charge is 2.50. The minimum atomic E-state index is -3.00. The van der Waals surface area contributed by atoms with E-state index in [4.69, 9.17) is 23.4 Å². The van der Waals surface area contributed by atoms with Gasteiger partial charge in [-0.25, -0.2) is 4.79 Å². The van der Waals surface area contributed by atoms with E-state index in [9.17, 15) is 24.3 Å². The van der Waals surface area contributed by atoms with E-state index >= 15 is 0 Å². The highest BCUT2D eigenvalue weighted by molar-refractivity contribution is 6.88. The molecule has 2 N–H and O–H groups in total. The molecule has 3 atom stereocenters. The monoisotopic (exact) mass is 862 g/mol. The molecule has 5 aromatic rings. The summed E-state index contributed by atoms with van der Waals surface area (Å²) in [6, 6.07) is 32.9. The van der Waals surface area contributed by atoms with Gasteiger partial charge in [-0.3, -0.25) is 19.1 Å². The number of rotatable bonds is 19. The van der Waals surface area contributed by atoms with Crippen molar-refractivity contribution in [1.82, 2.24) is 14.9 Å². The number of aromatic amines is 1. The van der Waals surface area contributed by atoms with Crippen LogP contribution in [0.5, 0.6) is 11.5 Å². The molecular weight excluding hydrogens is 807 g/mol. The summed E-state index contributed by atoms with van der Waals surface area (Å²) in [5.74, 6) is -0.0914. The van der Waals surface area contributed by atoms with Gasteiger partial charge >= 0.3 is 5.69 Å². The normalized spacial score (nSPS) is 16.7. The number of nitrogens with one attached hydrogen (secondary N) is 2. The molecule has 62 heavy (non-hydrogen) atoms. The number of aromatic nitrogens is 2. The van der Waals surface area contributed by atoms with Gasteiger partial charge in [0.05, 0.1) is 26.9 Å². The van der Waals surface area contributed by atoms with Gasteiger partial charge in [-0.2, -0.15) is 0 Å². The number of carbonyl (C=O) groups excluding carboxylic acids is 2. The number of amides is 1. The van der Waals surface area contributed by atoms with Crippen LogP contribution in [0.25, 0.3) is 0 Å². The zero-order chi connectivity index (χ0) is 44.6. The number of aliphatic carboxylic acids is 1. The fourth-order valence-corrected chi connectivity index (χ4v) is 13.4. The van der Waals surface area contributed by atoms with Crippen LogP contribution in [0.4, 0.5) is 0 Å². The van der Waals surface area contributed by atoms with Crippen LogP contribution in [-0.4, -0.2) is 69.3 Å². The molecule has 1 fully saturated rings. The summed E-state index contributed by atoms with van der Waals surface area (Å²) in [5.41, 5.74) is 1.22. The summed E-state index contributed by atoms with van der Waals surface area (Å²) < 4.78 is 34.3. The minimum Gasteiger partial charge on any atom is -0.550 e. The molecule has 1 aromatic heterocycles. The maximum atomic E-state index is 13.4. The second kappa shape index (κ2) is 19.9. The zero-order valence-electron chi connectivity index (χ0n) is 36.3. The van der Waals surface area contributed by atoms with Crippen LogP contribution in [0.2, 0.25) is 11.1 Å². The summed E-state index contributed by atoms with van der Waals surface area (Å²) >= 11 is 0. The predicted molar refractivity (Wildman–Crippen MR) is 236 cm³/mol. The maximum absolute atomic E-state index is 13.4. The van der Waals surface area contributed by atoms with Gasteiger partial charge < -0.3 is 38.6 Å². The Hall–Kier alpha value is -5.80. The van der Waals surface area contributed by atoms with E-state index in [0.717, 1.165) is 21.9 Å². The SMILES string of the molecule is COc1ccc(C(OC[C@H]2O[C@@H](n3cc(C)c(=O)[nH]c3=O)CC2O[Si](c2ccc(C(=O)NCCCC(=O)[O-])cc2)(C(C)C)C(C)C)(c2ccccc2)c2ccc(OC)cc2)cc1. The van der Waals surface area contributed by atoms with E-state index in [1.807, 2.05) is 91.0 Å². The Morgan fingerprint density at radius 2 is 1.42 bits per heavy atom. The van der Waals surface area contributed by atoms with E-state index in [0.29, 0.717) is 22.6 Å². The van der Waals surface area contributed by atoms with Crippen molar-refractivity contribution in [3.05, 3.63) is 158 Å².